The van der Waals surface area contributed by atoms with Crippen LogP contribution in [0.5, 0.6) is 0 Å². The fourth-order valence-electron chi connectivity index (χ4n) is 3.09. The molecule has 0 spiro atoms. The smallest absolute Gasteiger partial charge is 0.346 e. The van der Waals surface area contributed by atoms with Crippen LogP contribution in [0, 0.1) is 12.8 Å². The summed E-state index contributed by atoms with van der Waals surface area (Å²) in [5.41, 5.74) is 0.758. The summed E-state index contributed by atoms with van der Waals surface area (Å²) < 4.78 is 0. The number of fused-ring (bicyclic) bond motifs is 1. The molecule has 0 aromatic carbocycles. The van der Waals surface area contributed by atoms with Gasteiger partial charge in [0.25, 0.3) is 0 Å². The van der Waals surface area contributed by atoms with Crippen molar-refractivity contribution in [2.75, 3.05) is 5.32 Å². The minimum atomic E-state index is -0.896. The van der Waals surface area contributed by atoms with E-state index in [9.17, 15) is 9.90 Å². The van der Waals surface area contributed by atoms with E-state index in [1.807, 2.05) is 6.92 Å². The number of anilines is 1. The standard InChI is InChI=1S/C15H19N3O2S/c1-8-5-3-4-6-10(8)18-13-11-9(2)12(15(19)20)21-14(11)17-7-16-13/h7-8,10H,3-6H2,1-2H3,(H,19,20)(H,16,17,18). The number of rotatable bonds is 3. The Kier molecular flexibility index (Phi) is 3.80. The minimum Gasteiger partial charge on any atom is -0.477 e. The van der Waals surface area contributed by atoms with Crippen LogP contribution in [0.1, 0.15) is 47.8 Å². The number of aromatic nitrogens is 2. The molecule has 2 aromatic rings. The third kappa shape index (κ3) is 2.60. The zero-order chi connectivity index (χ0) is 15.0. The molecule has 0 amide bonds. The lowest BCUT2D eigenvalue weighted by Gasteiger charge is -2.30. The molecule has 5 nitrogen and oxygen atoms in total. The summed E-state index contributed by atoms with van der Waals surface area (Å²) in [4.78, 5) is 21.0. The number of hydrogen-bond donors (Lipinski definition) is 2. The molecule has 0 bridgehead atoms. The molecule has 1 aliphatic carbocycles. The number of thiophene rings is 1. The molecule has 0 aliphatic heterocycles. The number of hydrogen-bond acceptors (Lipinski definition) is 5. The van der Waals surface area contributed by atoms with Crippen LogP contribution in [0.25, 0.3) is 10.2 Å². The van der Waals surface area contributed by atoms with Crippen molar-refractivity contribution in [3.05, 3.63) is 16.8 Å². The van der Waals surface area contributed by atoms with Gasteiger partial charge in [0.1, 0.15) is 21.9 Å². The predicted octanol–water partition coefficient (Wildman–Crippen LogP) is 3.69. The number of carboxylic acid groups (broad SMARTS) is 1. The van der Waals surface area contributed by atoms with Gasteiger partial charge >= 0.3 is 5.97 Å². The van der Waals surface area contributed by atoms with Crippen molar-refractivity contribution in [1.82, 2.24) is 9.97 Å². The van der Waals surface area contributed by atoms with Crippen LogP contribution in [0.3, 0.4) is 0 Å². The molecule has 0 radical (unpaired) electrons. The molecule has 1 fully saturated rings. The van der Waals surface area contributed by atoms with Gasteiger partial charge in [0.05, 0.1) is 5.39 Å². The van der Waals surface area contributed by atoms with Crippen molar-refractivity contribution >= 4 is 33.3 Å². The fraction of sp³-hybridized carbons (Fsp3) is 0.533. The summed E-state index contributed by atoms with van der Waals surface area (Å²) in [5.74, 6) is 0.495. The lowest BCUT2D eigenvalue weighted by atomic mass is 9.86. The number of aryl methyl sites for hydroxylation is 1. The third-order valence-corrected chi connectivity index (χ3v) is 5.54. The molecule has 1 aliphatic rings. The van der Waals surface area contributed by atoms with E-state index < -0.39 is 5.97 Å². The first-order chi connectivity index (χ1) is 10.1. The molecule has 2 N–H and O–H groups in total. The van der Waals surface area contributed by atoms with Crippen molar-refractivity contribution in [3.63, 3.8) is 0 Å². The summed E-state index contributed by atoms with van der Waals surface area (Å²) in [6.45, 7) is 4.10. The summed E-state index contributed by atoms with van der Waals surface area (Å²) in [6, 6.07) is 0.407. The first-order valence-electron chi connectivity index (χ1n) is 7.32. The highest BCUT2D eigenvalue weighted by molar-refractivity contribution is 7.20. The number of carboxylic acids is 1. The van der Waals surface area contributed by atoms with E-state index in [1.54, 1.807) is 0 Å². The maximum absolute atomic E-state index is 11.3. The third-order valence-electron chi connectivity index (χ3n) is 4.35. The normalized spacial score (nSPS) is 22.4. The average Bonchev–Trinajstić information content (AvgIpc) is 2.80. The van der Waals surface area contributed by atoms with E-state index in [1.165, 1.54) is 36.9 Å². The van der Waals surface area contributed by atoms with Crippen LogP contribution >= 0.6 is 11.3 Å². The van der Waals surface area contributed by atoms with Gasteiger partial charge in [-0.25, -0.2) is 14.8 Å². The van der Waals surface area contributed by atoms with Crippen LogP contribution < -0.4 is 5.32 Å². The Morgan fingerprint density at radius 2 is 2.14 bits per heavy atom. The van der Waals surface area contributed by atoms with E-state index >= 15 is 0 Å². The van der Waals surface area contributed by atoms with Gasteiger partial charge < -0.3 is 10.4 Å². The monoisotopic (exact) mass is 305 g/mol. The van der Waals surface area contributed by atoms with Crippen molar-refractivity contribution in [1.29, 1.82) is 0 Å². The van der Waals surface area contributed by atoms with E-state index in [0.717, 1.165) is 28.0 Å². The Balaban J connectivity index is 2.00. The van der Waals surface area contributed by atoms with Gasteiger partial charge in [0.15, 0.2) is 0 Å². The molecular formula is C15H19N3O2S. The zero-order valence-electron chi connectivity index (χ0n) is 12.2. The highest BCUT2D eigenvalue weighted by Gasteiger charge is 2.24. The average molecular weight is 305 g/mol. The van der Waals surface area contributed by atoms with Gasteiger partial charge in [0.2, 0.25) is 0 Å². The zero-order valence-corrected chi connectivity index (χ0v) is 13.0. The maximum atomic E-state index is 11.3. The second kappa shape index (κ2) is 5.60. The molecule has 112 valence electrons. The Hall–Kier alpha value is -1.69. The molecule has 0 saturated heterocycles. The molecular weight excluding hydrogens is 286 g/mol. The van der Waals surface area contributed by atoms with Crippen molar-refractivity contribution in [2.24, 2.45) is 5.92 Å². The maximum Gasteiger partial charge on any atom is 0.346 e. The van der Waals surface area contributed by atoms with Crippen LogP contribution in [-0.4, -0.2) is 27.1 Å². The molecule has 2 aromatic heterocycles. The molecule has 2 unspecified atom stereocenters. The number of nitrogens with zero attached hydrogens (tertiary/aromatic N) is 2. The molecule has 6 heteroatoms. The van der Waals surface area contributed by atoms with E-state index in [2.05, 4.69) is 22.2 Å². The van der Waals surface area contributed by atoms with Crippen LogP contribution in [-0.2, 0) is 0 Å². The first kappa shape index (κ1) is 14.3. The highest BCUT2D eigenvalue weighted by Crippen LogP contribution is 2.35. The van der Waals surface area contributed by atoms with E-state index in [-0.39, 0.29) is 0 Å². The van der Waals surface area contributed by atoms with Gasteiger partial charge in [-0.3, -0.25) is 0 Å². The second-order valence-corrected chi connectivity index (χ2v) is 6.78. The summed E-state index contributed by atoms with van der Waals surface area (Å²) in [6.07, 6.45) is 6.41. The Labute approximate surface area is 127 Å². The van der Waals surface area contributed by atoms with Gasteiger partial charge in [-0.05, 0) is 31.2 Å². The van der Waals surface area contributed by atoms with Crippen LogP contribution in [0.15, 0.2) is 6.33 Å². The lowest BCUT2D eigenvalue weighted by molar-refractivity contribution is 0.0701. The highest BCUT2D eigenvalue weighted by atomic mass is 32.1. The lowest BCUT2D eigenvalue weighted by Crippen LogP contribution is -2.30. The van der Waals surface area contributed by atoms with Crippen molar-refractivity contribution in [3.8, 4) is 0 Å². The molecule has 3 rings (SSSR count). The second-order valence-electron chi connectivity index (χ2n) is 5.78. The first-order valence-corrected chi connectivity index (χ1v) is 8.13. The largest absolute Gasteiger partial charge is 0.477 e. The van der Waals surface area contributed by atoms with Crippen LogP contribution in [0.2, 0.25) is 0 Å². The molecule has 2 heterocycles. The van der Waals surface area contributed by atoms with Gasteiger partial charge in [0, 0.05) is 6.04 Å². The summed E-state index contributed by atoms with van der Waals surface area (Å²) in [7, 11) is 0. The van der Waals surface area contributed by atoms with E-state index in [0.29, 0.717) is 16.8 Å². The van der Waals surface area contributed by atoms with Gasteiger partial charge in [-0.1, -0.05) is 19.8 Å². The topological polar surface area (TPSA) is 75.1 Å². The summed E-state index contributed by atoms with van der Waals surface area (Å²) in [5, 5.41) is 13.7. The fourth-order valence-corrected chi connectivity index (χ4v) is 4.08. The predicted molar refractivity (Wildman–Crippen MR) is 84.2 cm³/mol. The Bertz CT molecular complexity index is 683. The molecule has 21 heavy (non-hydrogen) atoms. The summed E-state index contributed by atoms with van der Waals surface area (Å²) >= 11 is 1.22. The van der Waals surface area contributed by atoms with Gasteiger partial charge in [-0.15, -0.1) is 11.3 Å². The number of carbonyl (C=O) groups is 1. The molecule has 1 saturated carbocycles. The minimum absolute atomic E-state index is 0.352. The van der Waals surface area contributed by atoms with Crippen molar-refractivity contribution in [2.45, 2.75) is 45.6 Å². The van der Waals surface area contributed by atoms with Gasteiger partial charge in [-0.2, -0.15) is 0 Å². The van der Waals surface area contributed by atoms with Crippen LogP contribution in [0.4, 0.5) is 5.82 Å². The number of aromatic carboxylic acids is 1. The molecule has 2 atom stereocenters. The van der Waals surface area contributed by atoms with Crippen molar-refractivity contribution < 1.29 is 9.90 Å². The Morgan fingerprint density at radius 1 is 1.38 bits per heavy atom. The number of nitrogens with one attached hydrogen (secondary N) is 1. The SMILES string of the molecule is Cc1c(C(=O)O)sc2ncnc(NC3CCCCC3C)c12. The Morgan fingerprint density at radius 3 is 2.86 bits per heavy atom. The van der Waals surface area contributed by atoms with E-state index in [4.69, 9.17) is 0 Å². The quantitative estimate of drug-likeness (QED) is 0.904.